The zero-order chi connectivity index (χ0) is 10.3. The number of rotatable bonds is 1. The Morgan fingerprint density at radius 1 is 1.47 bits per heavy atom. The predicted octanol–water partition coefficient (Wildman–Crippen LogP) is -2.01. The van der Waals surface area contributed by atoms with E-state index in [9.17, 15) is 13.0 Å². The van der Waals surface area contributed by atoms with E-state index in [2.05, 4.69) is 4.99 Å². The second-order valence-corrected chi connectivity index (χ2v) is 6.88. The molecule has 0 aromatic rings. The molecule has 0 radical (unpaired) electrons. The van der Waals surface area contributed by atoms with Gasteiger partial charge in [0.15, 0.2) is 0 Å². The summed E-state index contributed by atoms with van der Waals surface area (Å²) in [6, 6.07) is 0.248. The fourth-order valence-electron chi connectivity index (χ4n) is 2.10. The van der Waals surface area contributed by atoms with Crippen LogP contribution in [0.15, 0.2) is 4.99 Å². The summed E-state index contributed by atoms with van der Waals surface area (Å²) in [7, 11) is -4.10. The van der Waals surface area contributed by atoms with Gasteiger partial charge in [-0.05, 0) is 26.2 Å². The summed E-state index contributed by atoms with van der Waals surface area (Å²) in [5, 5.41) is 0.554. The van der Waals surface area contributed by atoms with Gasteiger partial charge in [-0.25, -0.2) is 8.42 Å². The zero-order valence-electron chi connectivity index (χ0n) is 8.84. The molecule has 80 valence electrons. The van der Waals surface area contributed by atoms with Gasteiger partial charge in [0.05, 0.1) is 26.5 Å². The Hall–Kier alpha value is 0.930. The van der Waals surface area contributed by atoms with Gasteiger partial charge in [-0.1, -0.05) is 0 Å². The minimum absolute atomic E-state index is 0. The summed E-state index contributed by atoms with van der Waals surface area (Å²) in [6.45, 7) is 1.93. The van der Waals surface area contributed by atoms with E-state index in [1.807, 2.05) is 6.92 Å². The second kappa shape index (κ2) is 5.06. The molecule has 0 amide bonds. The quantitative estimate of drug-likeness (QED) is 0.402. The summed E-state index contributed by atoms with van der Waals surface area (Å²) >= 11 is 1.62. The fraction of sp³-hybridized carbons (Fsp3) is 0.875. The van der Waals surface area contributed by atoms with Gasteiger partial charge in [0.1, 0.15) is 0 Å². The van der Waals surface area contributed by atoms with Crippen LogP contribution in [-0.4, -0.2) is 34.6 Å². The van der Waals surface area contributed by atoms with E-state index in [0.717, 1.165) is 11.5 Å². The Morgan fingerprint density at radius 3 is 2.73 bits per heavy atom. The first-order valence-electron chi connectivity index (χ1n) is 4.62. The average molecular weight is 257 g/mol. The maximum atomic E-state index is 10.9. The molecule has 2 rings (SSSR count). The maximum Gasteiger partial charge on any atom is 1.00 e. The summed E-state index contributed by atoms with van der Waals surface area (Å²) in [4.78, 5) is 4.41. The van der Waals surface area contributed by atoms with Crippen LogP contribution in [0.3, 0.4) is 0 Å². The molecule has 1 aliphatic carbocycles. The maximum absolute atomic E-state index is 10.9. The van der Waals surface area contributed by atoms with Crippen molar-refractivity contribution in [1.29, 1.82) is 0 Å². The van der Waals surface area contributed by atoms with Crippen molar-refractivity contribution in [3.8, 4) is 0 Å². The van der Waals surface area contributed by atoms with Crippen LogP contribution in [0.2, 0.25) is 0 Å². The monoisotopic (exact) mass is 257 g/mol. The van der Waals surface area contributed by atoms with Gasteiger partial charge in [0, 0.05) is 5.25 Å². The van der Waals surface area contributed by atoms with Crippen LogP contribution in [0, 0.1) is 0 Å². The molecule has 3 atom stereocenters. The van der Waals surface area contributed by atoms with E-state index >= 15 is 0 Å². The van der Waals surface area contributed by atoms with Crippen molar-refractivity contribution in [2.75, 3.05) is 0 Å². The van der Waals surface area contributed by atoms with Crippen molar-refractivity contribution in [3.05, 3.63) is 0 Å². The first kappa shape index (κ1) is 14.0. The van der Waals surface area contributed by atoms with Crippen LogP contribution in [0.1, 0.15) is 26.2 Å². The normalized spacial score (nSPS) is 35.3. The molecular formula is C8H12NNaO3S2. The van der Waals surface area contributed by atoms with Crippen molar-refractivity contribution in [2.24, 2.45) is 4.99 Å². The number of fused-ring (bicyclic) bond motifs is 1. The molecule has 0 aromatic heterocycles. The van der Waals surface area contributed by atoms with Gasteiger partial charge in [0.25, 0.3) is 0 Å². The molecule has 1 heterocycles. The number of thioether (sulfide) groups is 1. The molecule has 0 N–H and O–H groups in total. The average Bonchev–Trinajstić information content (AvgIpc) is 2.41. The number of nitrogens with zero attached hydrogens (tertiary/aromatic N) is 1. The fourth-order valence-corrected chi connectivity index (χ4v) is 4.40. The van der Waals surface area contributed by atoms with Crippen molar-refractivity contribution in [3.63, 3.8) is 0 Å². The summed E-state index contributed by atoms with van der Waals surface area (Å²) in [5.74, 6) is 0. The molecule has 2 aliphatic rings. The van der Waals surface area contributed by atoms with Crippen LogP contribution in [0.25, 0.3) is 0 Å². The van der Waals surface area contributed by atoms with E-state index in [0.29, 0.717) is 12.8 Å². The van der Waals surface area contributed by atoms with Gasteiger partial charge in [-0.3, -0.25) is 4.99 Å². The summed E-state index contributed by atoms with van der Waals surface area (Å²) in [6.07, 6.45) is 1.69. The molecule has 0 spiro atoms. The number of aliphatic imine (C=N–C) groups is 1. The van der Waals surface area contributed by atoms with Crippen LogP contribution < -0.4 is 29.6 Å². The topological polar surface area (TPSA) is 69.6 Å². The first-order chi connectivity index (χ1) is 6.47. The third-order valence-corrected chi connectivity index (χ3v) is 5.29. The zero-order valence-corrected chi connectivity index (χ0v) is 12.5. The third kappa shape index (κ3) is 3.20. The Labute approximate surface area is 116 Å². The SMILES string of the molecule is CC1=NC2CCC(S(=O)(=O)[O-])CC2S1.[Na+]. The van der Waals surface area contributed by atoms with Gasteiger partial charge in [-0.2, -0.15) is 0 Å². The molecule has 1 saturated carbocycles. The first-order valence-corrected chi connectivity index (χ1v) is 6.97. The molecule has 0 saturated heterocycles. The molecule has 15 heavy (non-hydrogen) atoms. The molecule has 0 bridgehead atoms. The van der Waals surface area contributed by atoms with Crippen molar-refractivity contribution < 1.29 is 42.5 Å². The van der Waals surface area contributed by atoms with E-state index in [-0.39, 0.29) is 40.8 Å². The van der Waals surface area contributed by atoms with E-state index in [1.165, 1.54) is 0 Å². The number of hydrogen-bond donors (Lipinski definition) is 0. The van der Waals surface area contributed by atoms with E-state index in [1.54, 1.807) is 11.8 Å². The van der Waals surface area contributed by atoms with E-state index in [4.69, 9.17) is 0 Å². The van der Waals surface area contributed by atoms with Gasteiger partial charge in [0.2, 0.25) is 0 Å². The molecule has 4 nitrogen and oxygen atoms in total. The van der Waals surface area contributed by atoms with Crippen LogP contribution in [0.5, 0.6) is 0 Å². The van der Waals surface area contributed by atoms with E-state index < -0.39 is 15.4 Å². The standard InChI is InChI=1S/C8H13NO3S2.Na/c1-5-9-7-3-2-6(14(10,11)12)4-8(7)13-5;/h6-8H,2-4H2,1H3,(H,10,11,12);/q;+1/p-1. The Bertz CT molecular complexity index is 368. The Kier molecular flexibility index (Phi) is 4.72. The Morgan fingerprint density at radius 2 is 2.13 bits per heavy atom. The van der Waals surface area contributed by atoms with Crippen LogP contribution >= 0.6 is 11.8 Å². The molecule has 3 unspecified atom stereocenters. The second-order valence-electron chi connectivity index (χ2n) is 3.80. The van der Waals surface area contributed by atoms with Crippen LogP contribution in [-0.2, 0) is 10.1 Å². The summed E-state index contributed by atoms with van der Waals surface area (Å²) < 4.78 is 32.6. The van der Waals surface area contributed by atoms with Crippen molar-refractivity contribution in [1.82, 2.24) is 0 Å². The van der Waals surface area contributed by atoms with Gasteiger partial charge in [-0.15, -0.1) is 11.8 Å². The van der Waals surface area contributed by atoms with Crippen molar-refractivity contribution >= 4 is 26.9 Å². The molecule has 1 aliphatic heterocycles. The van der Waals surface area contributed by atoms with Crippen LogP contribution in [0.4, 0.5) is 0 Å². The number of hydrogen-bond acceptors (Lipinski definition) is 5. The minimum atomic E-state index is -4.10. The largest absolute Gasteiger partial charge is 1.00 e. The van der Waals surface area contributed by atoms with Crippen molar-refractivity contribution in [2.45, 2.75) is 42.7 Å². The van der Waals surface area contributed by atoms with Gasteiger partial charge < -0.3 is 4.55 Å². The van der Waals surface area contributed by atoms with Gasteiger partial charge >= 0.3 is 29.6 Å². The predicted molar refractivity (Wildman–Crippen MR) is 55.6 cm³/mol. The third-order valence-electron chi connectivity index (χ3n) is 2.79. The molecule has 1 fully saturated rings. The molecule has 0 aromatic carbocycles. The molecular weight excluding hydrogens is 245 g/mol. The minimum Gasteiger partial charge on any atom is -0.748 e. The summed E-state index contributed by atoms with van der Waals surface area (Å²) in [5.41, 5.74) is 0. The molecule has 7 heteroatoms. The smallest absolute Gasteiger partial charge is 0.748 e. The Balaban J connectivity index is 0.00000112.